The quantitative estimate of drug-likeness (QED) is 0.550. The van der Waals surface area contributed by atoms with Gasteiger partial charge in [0.05, 0.1) is 0 Å². The van der Waals surface area contributed by atoms with E-state index in [-0.39, 0.29) is 0 Å². The number of hydrogen-bond donors (Lipinski definition) is 0. The van der Waals surface area contributed by atoms with Crippen molar-refractivity contribution in [3.05, 3.63) is 0 Å². The van der Waals surface area contributed by atoms with Gasteiger partial charge in [-0.1, -0.05) is 0 Å². The van der Waals surface area contributed by atoms with Crippen LogP contribution >= 0.6 is 0 Å². The number of rotatable bonds is 10. The molecule has 0 amide bonds. The molecule has 0 rings (SSSR count). The molecule has 0 saturated heterocycles. The van der Waals surface area contributed by atoms with E-state index >= 15 is 0 Å². The average molecular weight is 315 g/mol. The zero-order valence-corrected chi connectivity index (χ0v) is 14.7. The van der Waals surface area contributed by atoms with Crippen molar-refractivity contribution in [2.24, 2.45) is 0 Å². The molecule has 0 unspecified atom stereocenters. The van der Waals surface area contributed by atoms with Crippen LogP contribution in [0.25, 0.3) is 0 Å². The summed E-state index contributed by atoms with van der Waals surface area (Å²) in [4.78, 5) is 2.55. The van der Waals surface area contributed by atoms with E-state index in [0.29, 0.717) is 0 Å². The van der Waals surface area contributed by atoms with Crippen molar-refractivity contribution in [2.75, 3.05) is 19.6 Å². The number of hydrogen-bond acceptors (Lipinski definition) is 1. The van der Waals surface area contributed by atoms with Crippen molar-refractivity contribution < 1.29 is 0 Å². The molecular weight excluding hydrogens is 285 g/mol. The van der Waals surface area contributed by atoms with Gasteiger partial charge in [-0.2, -0.15) is 0 Å². The Hall–Kier alpha value is 0.830. The molecule has 0 radical (unpaired) electrons. The standard InChI is InChI=1S/C8H18N.C3H7.C2H5.In/c1-4-7-8-9(5-2)6-3;1-3-2;1-2;/h1,4-8H2,2-3H3;1,3H2,2H3;1H2,2H3;. The van der Waals surface area contributed by atoms with Gasteiger partial charge >= 0.3 is 105 Å². The van der Waals surface area contributed by atoms with E-state index in [4.69, 9.17) is 0 Å². The summed E-state index contributed by atoms with van der Waals surface area (Å²) in [5, 5.41) is 0. The molecule has 0 N–H and O–H groups in total. The predicted molar refractivity (Wildman–Crippen MR) is 73.2 cm³/mol. The third kappa shape index (κ3) is 8.62. The van der Waals surface area contributed by atoms with Crippen LogP contribution < -0.4 is 0 Å². The van der Waals surface area contributed by atoms with E-state index in [9.17, 15) is 0 Å². The molecule has 90 valence electrons. The predicted octanol–water partition coefficient (Wildman–Crippen LogP) is 4.03. The Labute approximate surface area is 105 Å². The fourth-order valence-corrected chi connectivity index (χ4v) is 10.2. The molecule has 0 spiro atoms. The molecular formula is C13H30InN. The maximum absolute atomic E-state index is 2.55. The van der Waals surface area contributed by atoms with Gasteiger partial charge in [0, 0.05) is 0 Å². The third-order valence-electron chi connectivity index (χ3n) is 3.51. The average Bonchev–Trinajstić information content (AvgIpc) is 2.28. The summed E-state index contributed by atoms with van der Waals surface area (Å²) in [7, 11) is 0. The Kier molecular flexibility index (Phi) is 11.9. The van der Waals surface area contributed by atoms with Crippen molar-refractivity contribution >= 4 is 21.4 Å². The van der Waals surface area contributed by atoms with Crippen LogP contribution in [0.3, 0.4) is 0 Å². The zero-order valence-electron chi connectivity index (χ0n) is 11.4. The maximum atomic E-state index is 2.55. The summed E-state index contributed by atoms with van der Waals surface area (Å²) >= 11 is -0.980. The van der Waals surface area contributed by atoms with Crippen LogP contribution in [0.5, 0.6) is 0 Å². The van der Waals surface area contributed by atoms with Gasteiger partial charge in [0.1, 0.15) is 0 Å². The fourth-order valence-electron chi connectivity index (χ4n) is 2.27. The van der Waals surface area contributed by atoms with Crippen LogP contribution in [0, 0.1) is 0 Å². The zero-order chi connectivity index (χ0) is 11.5. The van der Waals surface area contributed by atoms with Gasteiger partial charge < -0.3 is 0 Å². The third-order valence-corrected chi connectivity index (χ3v) is 14.3. The van der Waals surface area contributed by atoms with Crippen LogP contribution in [0.4, 0.5) is 0 Å². The van der Waals surface area contributed by atoms with E-state index in [1.54, 1.807) is 12.5 Å². The molecule has 0 aromatic heterocycles. The van der Waals surface area contributed by atoms with Crippen molar-refractivity contribution in [1.29, 1.82) is 0 Å². The minimum absolute atomic E-state index is 0.980. The SMILES string of the molecule is CC[CH2][In]([CH2]C)[CH2]CCCN(CC)CC. The molecule has 0 saturated carbocycles. The van der Waals surface area contributed by atoms with Crippen LogP contribution in [0.15, 0.2) is 0 Å². The van der Waals surface area contributed by atoms with E-state index < -0.39 is 21.4 Å². The van der Waals surface area contributed by atoms with Gasteiger partial charge in [0.2, 0.25) is 0 Å². The van der Waals surface area contributed by atoms with Crippen molar-refractivity contribution in [3.8, 4) is 0 Å². The number of unbranched alkanes of at least 4 members (excludes halogenated alkanes) is 1. The Morgan fingerprint density at radius 1 is 0.867 bits per heavy atom. The first kappa shape index (κ1) is 15.8. The minimum atomic E-state index is -0.980. The van der Waals surface area contributed by atoms with Crippen molar-refractivity contribution in [3.63, 3.8) is 0 Å². The van der Waals surface area contributed by atoms with Crippen LogP contribution in [-0.2, 0) is 0 Å². The van der Waals surface area contributed by atoms with Crippen molar-refractivity contribution in [1.82, 2.24) is 4.90 Å². The Morgan fingerprint density at radius 3 is 2.00 bits per heavy atom. The molecule has 0 aliphatic rings. The van der Waals surface area contributed by atoms with E-state index in [1.807, 2.05) is 0 Å². The van der Waals surface area contributed by atoms with Gasteiger partial charge in [-0.15, -0.1) is 0 Å². The molecule has 0 aliphatic heterocycles. The normalized spacial score (nSPS) is 11.0. The molecule has 0 atom stereocenters. The van der Waals surface area contributed by atoms with Gasteiger partial charge in [-0.3, -0.25) is 0 Å². The second-order valence-corrected chi connectivity index (χ2v) is 15.2. The number of nitrogens with zero attached hydrogens (tertiary/aromatic N) is 1. The second-order valence-electron chi connectivity index (χ2n) is 4.59. The molecule has 0 heterocycles. The van der Waals surface area contributed by atoms with E-state index in [2.05, 4.69) is 32.6 Å². The first-order valence-corrected chi connectivity index (χ1v) is 14.0. The summed E-state index contributed by atoms with van der Waals surface area (Å²) < 4.78 is 4.89. The Morgan fingerprint density at radius 2 is 1.53 bits per heavy atom. The van der Waals surface area contributed by atoms with Crippen LogP contribution in [0.2, 0.25) is 12.5 Å². The first-order chi connectivity index (χ1) is 7.28. The molecule has 2 heteroatoms. The molecule has 0 aromatic carbocycles. The Balaban J connectivity index is 3.42. The summed E-state index contributed by atoms with van der Waals surface area (Å²) in [6.07, 6.45) is 4.41. The summed E-state index contributed by atoms with van der Waals surface area (Å²) in [5.41, 5.74) is 0. The van der Waals surface area contributed by atoms with Crippen LogP contribution in [-0.4, -0.2) is 46.0 Å². The Bertz CT molecular complexity index is 124. The molecule has 0 aromatic rings. The van der Waals surface area contributed by atoms with Gasteiger partial charge in [0.25, 0.3) is 0 Å². The van der Waals surface area contributed by atoms with Gasteiger partial charge in [-0.25, -0.2) is 0 Å². The van der Waals surface area contributed by atoms with Crippen molar-refractivity contribution in [2.45, 2.75) is 59.5 Å². The fraction of sp³-hybridized carbons (Fsp3) is 1.00. The molecule has 1 nitrogen and oxygen atoms in total. The molecule has 0 bridgehead atoms. The van der Waals surface area contributed by atoms with Gasteiger partial charge in [0.15, 0.2) is 0 Å². The molecule has 0 aliphatic carbocycles. The summed E-state index contributed by atoms with van der Waals surface area (Å²) in [5.74, 6) is 0. The van der Waals surface area contributed by atoms with Crippen LogP contribution in [0.1, 0.15) is 47.0 Å². The second kappa shape index (κ2) is 11.3. The van der Waals surface area contributed by atoms with E-state index in [1.165, 1.54) is 38.9 Å². The summed E-state index contributed by atoms with van der Waals surface area (Å²) in [6, 6.07) is 0. The summed E-state index contributed by atoms with van der Waals surface area (Å²) in [6.45, 7) is 13.1. The van der Waals surface area contributed by atoms with E-state index in [0.717, 1.165) is 0 Å². The topological polar surface area (TPSA) is 3.24 Å². The first-order valence-electron chi connectivity index (χ1n) is 7.00. The molecule has 0 fully saturated rings. The molecule has 15 heavy (non-hydrogen) atoms. The monoisotopic (exact) mass is 315 g/mol. The van der Waals surface area contributed by atoms with Gasteiger partial charge in [-0.05, 0) is 0 Å².